The summed E-state index contributed by atoms with van der Waals surface area (Å²) in [5, 5.41) is 0. The molecule has 36 heavy (non-hydrogen) atoms. The van der Waals surface area contributed by atoms with E-state index in [1.807, 2.05) is 6.07 Å². The van der Waals surface area contributed by atoms with Crippen molar-refractivity contribution < 1.29 is 33.4 Å². The molecule has 180 valence electrons. The summed E-state index contributed by atoms with van der Waals surface area (Å²) in [5.41, 5.74) is -0.969. The zero-order chi connectivity index (χ0) is 25.2. The molecule has 0 radical (unpaired) electrons. The van der Waals surface area contributed by atoms with Crippen molar-refractivity contribution in [3.63, 3.8) is 0 Å². The minimum absolute atomic E-state index is 0.179. The molecule has 1 aliphatic carbocycles. The van der Waals surface area contributed by atoms with Gasteiger partial charge in [0.05, 0.1) is 37.8 Å². The Kier molecular flexibility index (Phi) is 4.84. The lowest BCUT2D eigenvalue weighted by molar-refractivity contribution is -0.127. The van der Waals surface area contributed by atoms with Gasteiger partial charge in [-0.05, 0) is 17.7 Å². The zero-order valence-electron chi connectivity index (χ0n) is 19.5. The maximum atomic E-state index is 14.1. The van der Waals surface area contributed by atoms with Gasteiger partial charge >= 0.3 is 0 Å². The number of ketones is 2. The van der Waals surface area contributed by atoms with Gasteiger partial charge in [0.2, 0.25) is 29.0 Å². The summed E-state index contributed by atoms with van der Waals surface area (Å²) in [4.78, 5) is 56.6. The number of rotatable bonds is 4. The van der Waals surface area contributed by atoms with Crippen LogP contribution in [-0.2, 0) is 14.3 Å². The standard InChI is InChI=1S/C28H21NO7/c1-34-16-12-13-20(35-2)19(14-16)29-26(32)21-22(27(29)33)28(36-23(21)15-8-4-3-5-9-15)24(30)17-10-6-7-11-18(17)25(28)31/h3-14,21-23H,1-2H3/t21-,22+,23+/m1/s1. The van der Waals surface area contributed by atoms with Gasteiger partial charge in [0.1, 0.15) is 11.5 Å². The number of amides is 2. The van der Waals surface area contributed by atoms with E-state index >= 15 is 0 Å². The smallest absolute Gasteiger partial charge is 0.241 e. The van der Waals surface area contributed by atoms with Crippen molar-refractivity contribution in [2.24, 2.45) is 11.8 Å². The fourth-order valence-corrected chi connectivity index (χ4v) is 5.67. The first kappa shape index (κ1) is 22.2. The molecule has 0 unspecified atom stereocenters. The van der Waals surface area contributed by atoms with Crippen molar-refractivity contribution in [1.82, 2.24) is 0 Å². The molecule has 3 aromatic carbocycles. The summed E-state index contributed by atoms with van der Waals surface area (Å²) in [7, 11) is 2.89. The van der Waals surface area contributed by atoms with E-state index in [0.717, 1.165) is 4.90 Å². The molecule has 3 atom stereocenters. The normalized spacial score (nSPS) is 23.8. The van der Waals surface area contributed by atoms with E-state index < -0.39 is 46.9 Å². The lowest BCUT2D eigenvalue weighted by atomic mass is 9.77. The quantitative estimate of drug-likeness (QED) is 0.414. The number of imide groups is 1. The Morgan fingerprint density at radius 1 is 0.778 bits per heavy atom. The third-order valence-electron chi connectivity index (χ3n) is 7.27. The van der Waals surface area contributed by atoms with Crippen LogP contribution >= 0.6 is 0 Å². The molecule has 2 amide bonds. The Balaban J connectivity index is 1.56. The predicted molar refractivity (Wildman–Crippen MR) is 127 cm³/mol. The number of hydrogen-bond acceptors (Lipinski definition) is 7. The molecule has 2 fully saturated rings. The van der Waals surface area contributed by atoms with Gasteiger partial charge in [0, 0.05) is 17.2 Å². The van der Waals surface area contributed by atoms with Crippen LogP contribution in [0, 0.1) is 11.8 Å². The second-order valence-electron chi connectivity index (χ2n) is 8.94. The molecule has 1 spiro atoms. The van der Waals surface area contributed by atoms with Gasteiger partial charge in [-0.2, -0.15) is 0 Å². The maximum absolute atomic E-state index is 14.1. The number of carbonyl (C=O) groups excluding carboxylic acids is 4. The number of Topliss-reactive ketones (excluding diaryl/α,β-unsaturated/α-hetero) is 2. The number of methoxy groups -OCH3 is 2. The third-order valence-corrected chi connectivity index (χ3v) is 7.27. The van der Waals surface area contributed by atoms with Gasteiger partial charge in [-0.1, -0.05) is 54.6 Å². The fraction of sp³-hybridized carbons (Fsp3) is 0.214. The first-order valence-corrected chi connectivity index (χ1v) is 11.4. The van der Waals surface area contributed by atoms with Crippen LogP contribution in [0.25, 0.3) is 0 Å². The highest BCUT2D eigenvalue weighted by molar-refractivity contribution is 6.37. The average Bonchev–Trinajstić information content (AvgIpc) is 3.48. The van der Waals surface area contributed by atoms with Crippen LogP contribution < -0.4 is 14.4 Å². The van der Waals surface area contributed by atoms with E-state index in [1.54, 1.807) is 60.7 Å². The van der Waals surface area contributed by atoms with Gasteiger partial charge in [0.25, 0.3) is 0 Å². The van der Waals surface area contributed by atoms with Gasteiger partial charge in [-0.3, -0.25) is 19.2 Å². The van der Waals surface area contributed by atoms with Gasteiger partial charge < -0.3 is 14.2 Å². The minimum Gasteiger partial charge on any atom is -0.497 e. The molecule has 3 aromatic rings. The molecule has 0 bridgehead atoms. The number of hydrogen-bond donors (Lipinski definition) is 0. The van der Waals surface area contributed by atoms with Crippen molar-refractivity contribution in [2.75, 3.05) is 19.1 Å². The minimum atomic E-state index is -2.12. The third kappa shape index (κ3) is 2.73. The van der Waals surface area contributed by atoms with Crippen molar-refractivity contribution in [1.29, 1.82) is 0 Å². The Bertz CT molecular complexity index is 1410. The highest BCUT2D eigenvalue weighted by atomic mass is 16.5. The molecular weight excluding hydrogens is 462 g/mol. The number of nitrogens with zero attached hydrogens (tertiary/aromatic N) is 1. The summed E-state index contributed by atoms with van der Waals surface area (Å²) in [6.07, 6.45) is -0.975. The molecule has 2 aliphatic heterocycles. The Morgan fingerprint density at radius 3 is 2.03 bits per heavy atom. The van der Waals surface area contributed by atoms with Gasteiger partial charge in [0.15, 0.2) is 0 Å². The van der Waals surface area contributed by atoms with Gasteiger partial charge in [-0.25, -0.2) is 4.90 Å². The van der Waals surface area contributed by atoms with Crippen LogP contribution in [0.15, 0.2) is 72.8 Å². The summed E-state index contributed by atoms with van der Waals surface area (Å²) >= 11 is 0. The highest BCUT2D eigenvalue weighted by Gasteiger charge is 2.74. The molecule has 8 nitrogen and oxygen atoms in total. The van der Waals surface area contributed by atoms with Crippen LogP contribution in [0.2, 0.25) is 0 Å². The molecule has 2 saturated heterocycles. The largest absolute Gasteiger partial charge is 0.497 e. The lowest BCUT2D eigenvalue weighted by Gasteiger charge is -2.27. The summed E-state index contributed by atoms with van der Waals surface area (Å²) < 4.78 is 17.0. The van der Waals surface area contributed by atoms with E-state index in [4.69, 9.17) is 14.2 Å². The van der Waals surface area contributed by atoms with Gasteiger partial charge in [-0.15, -0.1) is 0 Å². The van der Waals surface area contributed by atoms with Crippen molar-refractivity contribution in [3.8, 4) is 11.5 Å². The molecule has 0 N–H and O–H groups in total. The van der Waals surface area contributed by atoms with E-state index in [1.165, 1.54) is 20.3 Å². The van der Waals surface area contributed by atoms with E-state index in [-0.39, 0.29) is 22.6 Å². The van der Waals surface area contributed by atoms with Crippen LogP contribution in [-0.4, -0.2) is 43.2 Å². The molecule has 2 heterocycles. The molecule has 0 aromatic heterocycles. The van der Waals surface area contributed by atoms with Crippen LogP contribution in [0.3, 0.4) is 0 Å². The van der Waals surface area contributed by atoms with Crippen LogP contribution in [0.1, 0.15) is 32.4 Å². The Hall–Kier alpha value is -4.30. The van der Waals surface area contributed by atoms with Crippen molar-refractivity contribution >= 4 is 29.1 Å². The Labute approximate surface area is 206 Å². The second kappa shape index (κ2) is 7.86. The zero-order valence-corrected chi connectivity index (χ0v) is 19.5. The van der Waals surface area contributed by atoms with E-state index in [9.17, 15) is 19.2 Å². The van der Waals surface area contributed by atoms with E-state index in [2.05, 4.69) is 0 Å². The molecule has 6 rings (SSSR count). The maximum Gasteiger partial charge on any atom is 0.241 e. The van der Waals surface area contributed by atoms with Crippen LogP contribution in [0.4, 0.5) is 5.69 Å². The lowest BCUT2D eigenvalue weighted by Crippen LogP contribution is -2.51. The molecule has 8 heteroatoms. The topological polar surface area (TPSA) is 99.2 Å². The second-order valence-corrected chi connectivity index (χ2v) is 8.94. The SMILES string of the molecule is COc1ccc(OC)c(N2C(=O)[C@@H]3[C@@H](C2=O)C2(O[C@H]3c3ccccc3)C(=O)c3ccccc3C2=O)c1. The first-order valence-electron chi connectivity index (χ1n) is 11.4. The Morgan fingerprint density at radius 2 is 1.42 bits per heavy atom. The van der Waals surface area contributed by atoms with E-state index in [0.29, 0.717) is 11.3 Å². The van der Waals surface area contributed by atoms with Crippen molar-refractivity contribution in [2.45, 2.75) is 11.7 Å². The number of ether oxygens (including phenoxy) is 3. The molecule has 3 aliphatic rings. The summed E-state index contributed by atoms with van der Waals surface area (Å²) in [6.45, 7) is 0. The number of fused-ring (bicyclic) bond motifs is 3. The number of carbonyl (C=O) groups is 4. The van der Waals surface area contributed by atoms with Crippen LogP contribution in [0.5, 0.6) is 11.5 Å². The summed E-state index contributed by atoms with van der Waals surface area (Å²) in [5.74, 6) is -4.19. The first-order chi connectivity index (χ1) is 17.4. The summed E-state index contributed by atoms with van der Waals surface area (Å²) in [6, 6.07) is 20.0. The highest BCUT2D eigenvalue weighted by Crippen LogP contribution is 2.58. The molecular formula is C28H21NO7. The number of benzene rings is 3. The molecule has 0 saturated carbocycles. The predicted octanol–water partition coefficient (Wildman–Crippen LogP) is 3.40. The number of anilines is 1. The monoisotopic (exact) mass is 483 g/mol. The fourth-order valence-electron chi connectivity index (χ4n) is 5.67. The van der Waals surface area contributed by atoms with Crippen molar-refractivity contribution in [3.05, 3.63) is 89.5 Å². The average molecular weight is 483 g/mol.